The van der Waals surface area contributed by atoms with Gasteiger partial charge in [-0.25, -0.2) is 4.79 Å². The van der Waals surface area contributed by atoms with Crippen molar-refractivity contribution in [1.29, 1.82) is 0 Å². The van der Waals surface area contributed by atoms with Gasteiger partial charge in [-0.2, -0.15) is 5.06 Å². The smallest absolute Gasteiger partial charge is 0.355 e. The number of β-lactam (4-membered cyclic amide) rings is 1. The van der Waals surface area contributed by atoms with Gasteiger partial charge in [-0.3, -0.25) is 34.2 Å². The first-order valence-corrected chi connectivity index (χ1v) is 12.2. The Kier molecular flexibility index (Phi) is 8.25. The Bertz CT molecular complexity index is 1130. The summed E-state index contributed by atoms with van der Waals surface area (Å²) >= 11 is 1.16. The number of hydrogen-bond acceptors (Lipinski definition) is 11. The van der Waals surface area contributed by atoms with Gasteiger partial charge in [0, 0.05) is 37.4 Å². The van der Waals surface area contributed by atoms with Crippen LogP contribution in [0.2, 0.25) is 0 Å². The number of benzene rings is 1. The van der Waals surface area contributed by atoms with Crippen molar-refractivity contribution >= 4 is 41.7 Å². The van der Waals surface area contributed by atoms with Crippen LogP contribution in [0.25, 0.3) is 0 Å². The predicted octanol–water partition coefficient (Wildman–Crippen LogP) is 1.47. The minimum absolute atomic E-state index is 0.00737. The Morgan fingerprint density at radius 3 is 2.49 bits per heavy atom. The van der Waals surface area contributed by atoms with Crippen molar-refractivity contribution in [1.82, 2.24) is 15.3 Å². The Hall–Kier alpha value is -3.49. The van der Waals surface area contributed by atoms with Gasteiger partial charge in [-0.05, 0) is 38.5 Å². The van der Waals surface area contributed by atoms with E-state index in [1.165, 1.54) is 43.3 Å². The molecule has 14 heteroatoms. The molecule has 1 aromatic rings. The molecule has 2 aliphatic heterocycles. The molecule has 1 unspecified atom stereocenters. The van der Waals surface area contributed by atoms with Gasteiger partial charge in [0.25, 0.3) is 11.6 Å². The molecule has 3 rings (SSSR count). The summed E-state index contributed by atoms with van der Waals surface area (Å²) in [6.07, 6.45) is 0.424. The van der Waals surface area contributed by atoms with E-state index in [-0.39, 0.29) is 30.4 Å². The van der Waals surface area contributed by atoms with Crippen LogP contribution in [-0.2, 0) is 40.1 Å². The Morgan fingerprint density at radius 2 is 1.95 bits per heavy atom. The molecule has 2 amide bonds. The molecule has 0 aliphatic carbocycles. The SMILES string of the molecule is CC(=O)OCC1=C(C(=O)OC(C)(C)C)N2C(=O)[C@@H](N(C)OCc3ccc([N+](=O)[O-])cc3)C2(NC=O)SC1. The molecule has 1 aromatic carbocycles. The number of esters is 2. The zero-order valence-corrected chi connectivity index (χ0v) is 21.8. The highest BCUT2D eigenvalue weighted by Gasteiger charge is 2.67. The molecule has 13 nitrogen and oxygen atoms in total. The lowest BCUT2D eigenvalue weighted by Crippen LogP contribution is -2.83. The first kappa shape index (κ1) is 28.1. The number of carbonyl (C=O) groups excluding carboxylic acids is 4. The second-order valence-electron chi connectivity index (χ2n) is 9.30. The molecule has 2 aliphatic rings. The highest BCUT2D eigenvalue weighted by atomic mass is 32.2. The lowest BCUT2D eigenvalue weighted by atomic mass is 9.97. The normalized spacial score (nSPS) is 21.2. The monoisotopic (exact) mass is 536 g/mol. The standard InChI is InChI=1S/C23H28N4O9S/c1-14(29)34-11-16-12-37-23(24-13-28)19(20(30)26(23)18(16)21(31)36-22(2,3)4)25(5)35-10-15-6-8-17(9-7-15)27(32)33/h6-9,13,19H,10-12H2,1-5H3,(H,24,28)/t19-,23?/m1/s1. The molecular weight excluding hydrogens is 508 g/mol. The highest BCUT2D eigenvalue weighted by Crippen LogP contribution is 2.50. The summed E-state index contributed by atoms with van der Waals surface area (Å²) in [6.45, 7) is 6.01. The largest absolute Gasteiger partial charge is 0.461 e. The maximum absolute atomic E-state index is 13.4. The number of fused-ring (bicyclic) bond motifs is 1. The van der Waals surface area contributed by atoms with Gasteiger partial charge in [0.2, 0.25) is 6.41 Å². The summed E-state index contributed by atoms with van der Waals surface area (Å²) in [5, 5.41) is 14.8. The number of amides is 2. The van der Waals surface area contributed by atoms with Gasteiger partial charge < -0.3 is 14.8 Å². The second kappa shape index (κ2) is 10.9. The number of nitrogens with zero attached hydrogens (tertiary/aromatic N) is 3. The third kappa shape index (κ3) is 5.92. The van der Waals surface area contributed by atoms with Crippen molar-refractivity contribution in [2.24, 2.45) is 0 Å². The molecular formula is C23H28N4O9S. The van der Waals surface area contributed by atoms with Crippen LogP contribution in [0.15, 0.2) is 35.5 Å². The van der Waals surface area contributed by atoms with Crippen LogP contribution < -0.4 is 5.32 Å². The minimum Gasteiger partial charge on any atom is -0.461 e. The average Bonchev–Trinajstić information content (AvgIpc) is 2.80. The molecule has 37 heavy (non-hydrogen) atoms. The summed E-state index contributed by atoms with van der Waals surface area (Å²) in [5.41, 5.74) is -0.0679. The molecule has 2 atom stereocenters. The van der Waals surface area contributed by atoms with E-state index in [2.05, 4.69) is 5.32 Å². The maximum atomic E-state index is 13.4. The first-order chi connectivity index (χ1) is 17.3. The number of ether oxygens (including phenoxy) is 2. The number of non-ortho nitro benzene ring substituents is 1. The molecule has 200 valence electrons. The Morgan fingerprint density at radius 1 is 1.30 bits per heavy atom. The number of nitrogens with one attached hydrogen (secondary N) is 1. The third-order valence-corrected chi connectivity index (χ3v) is 6.89. The van der Waals surface area contributed by atoms with E-state index >= 15 is 0 Å². The third-order valence-electron chi connectivity index (χ3n) is 5.44. The zero-order chi connectivity index (χ0) is 27.5. The van der Waals surface area contributed by atoms with E-state index in [1.54, 1.807) is 20.8 Å². The van der Waals surface area contributed by atoms with Crippen LogP contribution in [0.3, 0.4) is 0 Å². The first-order valence-electron chi connectivity index (χ1n) is 11.2. The molecule has 0 spiro atoms. The van der Waals surface area contributed by atoms with Gasteiger partial charge in [0.1, 0.15) is 17.9 Å². The zero-order valence-electron chi connectivity index (χ0n) is 21.0. The lowest BCUT2D eigenvalue weighted by molar-refractivity contribution is -0.384. The van der Waals surface area contributed by atoms with Crippen molar-refractivity contribution < 1.29 is 38.4 Å². The fourth-order valence-corrected chi connectivity index (χ4v) is 5.31. The van der Waals surface area contributed by atoms with E-state index < -0.39 is 39.4 Å². The number of rotatable bonds is 10. The minimum atomic E-state index is -1.39. The molecule has 2 heterocycles. The summed E-state index contributed by atoms with van der Waals surface area (Å²) in [5.74, 6) is -1.75. The summed E-state index contributed by atoms with van der Waals surface area (Å²) in [4.78, 5) is 65.5. The number of likely N-dealkylation sites (N-methyl/N-ethyl adjacent to an activating group) is 1. The van der Waals surface area contributed by atoms with Gasteiger partial charge in [0.15, 0.2) is 11.0 Å². The maximum Gasteiger partial charge on any atom is 0.355 e. The lowest BCUT2D eigenvalue weighted by Gasteiger charge is -2.59. The number of hydroxylamine groups is 2. The fourth-order valence-electron chi connectivity index (χ4n) is 3.85. The van der Waals surface area contributed by atoms with Crippen LogP contribution in [0, 0.1) is 10.1 Å². The second-order valence-corrected chi connectivity index (χ2v) is 10.5. The summed E-state index contributed by atoms with van der Waals surface area (Å²) in [7, 11) is 1.51. The van der Waals surface area contributed by atoms with Gasteiger partial charge in [0.05, 0.1) is 11.5 Å². The summed E-state index contributed by atoms with van der Waals surface area (Å²) in [6, 6.07) is 4.71. The molecule has 0 bridgehead atoms. The molecule has 0 aromatic heterocycles. The van der Waals surface area contributed by atoms with Crippen LogP contribution in [-0.4, -0.2) is 75.2 Å². The van der Waals surface area contributed by atoms with Crippen molar-refractivity contribution in [3.05, 3.63) is 51.2 Å². The van der Waals surface area contributed by atoms with Crippen LogP contribution in [0.5, 0.6) is 0 Å². The van der Waals surface area contributed by atoms with Crippen LogP contribution in [0.4, 0.5) is 5.69 Å². The van der Waals surface area contributed by atoms with Crippen molar-refractivity contribution in [3.8, 4) is 0 Å². The average molecular weight is 537 g/mol. The van der Waals surface area contributed by atoms with Crippen LogP contribution >= 0.6 is 11.8 Å². The summed E-state index contributed by atoms with van der Waals surface area (Å²) < 4.78 is 10.6. The molecule has 1 saturated heterocycles. The number of nitro groups is 1. The van der Waals surface area contributed by atoms with E-state index in [4.69, 9.17) is 14.3 Å². The Balaban J connectivity index is 1.88. The van der Waals surface area contributed by atoms with E-state index in [9.17, 15) is 29.3 Å². The van der Waals surface area contributed by atoms with Crippen LogP contribution in [0.1, 0.15) is 33.3 Å². The van der Waals surface area contributed by atoms with Gasteiger partial charge in [-0.15, -0.1) is 11.8 Å². The van der Waals surface area contributed by atoms with Crippen molar-refractivity contribution in [2.45, 2.75) is 50.9 Å². The number of thioether (sulfide) groups is 1. The Labute approximate surface area is 217 Å². The van der Waals surface area contributed by atoms with Crippen molar-refractivity contribution in [2.75, 3.05) is 19.4 Å². The molecule has 1 fully saturated rings. The molecule has 0 radical (unpaired) electrons. The van der Waals surface area contributed by atoms with E-state index in [0.29, 0.717) is 17.5 Å². The number of nitro benzene ring substituents is 1. The molecule has 0 saturated carbocycles. The molecule has 1 N–H and O–H groups in total. The number of carbonyl (C=O) groups is 4. The predicted molar refractivity (Wildman–Crippen MR) is 130 cm³/mol. The topological polar surface area (TPSA) is 158 Å². The van der Waals surface area contributed by atoms with E-state index in [1.807, 2.05) is 0 Å². The quantitative estimate of drug-likeness (QED) is 0.152. The van der Waals surface area contributed by atoms with Gasteiger partial charge in [-0.1, -0.05) is 0 Å². The highest BCUT2D eigenvalue weighted by molar-refractivity contribution is 8.01. The fraction of sp³-hybridized carbons (Fsp3) is 0.478. The van der Waals surface area contributed by atoms with Gasteiger partial charge >= 0.3 is 11.9 Å². The van der Waals surface area contributed by atoms with Crippen molar-refractivity contribution in [3.63, 3.8) is 0 Å². The number of hydrogen-bond donors (Lipinski definition) is 1. The van der Waals surface area contributed by atoms with E-state index in [0.717, 1.165) is 16.7 Å².